The number of halogens is 1. The zero-order chi connectivity index (χ0) is 16.4. The Morgan fingerprint density at radius 3 is 2.62 bits per heavy atom. The highest BCUT2D eigenvalue weighted by Crippen LogP contribution is 2.26. The van der Waals surface area contributed by atoms with Crippen molar-refractivity contribution in [2.24, 2.45) is 0 Å². The molecule has 6 nitrogen and oxygen atoms in total. The van der Waals surface area contributed by atoms with E-state index in [9.17, 15) is 9.59 Å². The van der Waals surface area contributed by atoms with Gasteiger partial charge in [-0.2, -0.15) is 5.10 Å². The highest BCUT2D eigenvalue weighted by molar-refractivity contribution is 5.85. The molecule has 0 spiro atoms. The monoisotopic (exact) mass is 348 g/mol. The first-order valence-corrected chi connectivity index (χ1v) is 7.64. The molecular weight excluding hydrogens is 328 g/mol. The van der Waals surface area contributed by atoms with Crippen LogP contribution in [0, 0.1) is 0 Å². The fraction of sp³-hybridized carbons (Fsp3) is 0.353. The van der Waals surface area contributed by atoms with Crippen molar-refractivity contribution in [3.63, 3.8) is 0 Å². The van der Waals surface area contributed by atoms with Crippen molar-refractivity contribution >= 4 is 18.3 Å². The van der Waals surface area contributed by atoms with Crippen molar-refractivity contribution in [2.45, 2.75) is 13.0 Å². The van der Waals surface area contributed by atoms with E-state index in [1.165, 1.54) is 0 Å². The largest absolute Gasteiger partial charge is 0.337 e. The molecule has 1 aliphatic rings. The number of carbonyl (C=O) groups is 1. The molecule has 0 radical (unpaired) electrons. The molecule has 0 bridgehead atoms. The quantitative estimate of drug-likeness (QED) is 0.908. The second-order valence-corrected chi connectivity index (χ2v) is 6.03. The molecule has 1 aromatic carbocycles. The zero-order valence-electron chi connectivity index (χ0n) is 13.8. The number of aromatic amines is 1. The van der Waals surface area contributed by atoms with Crippen LogP contribution in [-0.4, -0.2) is 53.1 Å². The molecule has 3 rings (SSSR count). The number of aromatic nitrogens is 2. The van der Waals surface area contributed by atoms with E-state index < -0.39 is 0 Å². The maximum atomic E-state index is 12.3. The number of likely N-dealkylation sites (N-methyl/N-ethyl adjacent to an activating group) is 1. The van der Waals surface area contributed by atoms with Gasteiger partial charge in [-0.1, -0.05) is 30.3 Å². The van der Waals surface area contributed by atoms with Gasteiger partial charge in [-0.05, 0) is 20.5 Å². The van der Waals surface area contributed by atoms with Crippen LogP contribution < -0.4 is 5.56 Å². The molecular formula is C17H21ClN4O2. The number of fused-ring (bicyclic) bond motifs is 1. The van der Waals surface area contributed by atoms with Gasteiger partial charge in [-0.3, -0.25) is 9.59 Å². The topological polar surface area (TPSA) is 69.3 Å². The highest BCUT2D eigenvalue weighted by Gasteiger charge is 2.26. The van der Waals surface area contributed by atoms with E-state index in [2.05, 4.69) is 10.2 Å². The lowest BCUT2D eigenvalue weighted by molar-refractivity contribution is -0.132. The number of H-pyrrole nitrogens is 1. The third-order valence-corrected chi connectivity index (χ3v) is 4.03. The van der Waals surface area contributed by atoms with Crippen LogP contribution in [0.25, 0.3) is 11.3 Å². The highest BCUT2D eigenvalue weighted by atomic mass is 35.5. The normalized spacial score (nSPS) is 13.4. The molecule has 1 aromatic heterocycles. The van der Waals surface area contributed by atoms with Crippen molar-refractivity contribution in [3.8, 4) is 11.3 Å². The standard InChI is InChI=1S/C17H20N4O2.ClH/c1-20(2)11-15(22)21-9-8-13-14(10-21)16(18-19-17(13)23)12-6-4-3-5-7-12;/h3-7H,8-11H2,1-2H3,(H,19,23);1H. The van der Waals surface area contributed by atoms with Gasteiger partial charge in [0.25, 0.3) is 5.56 Å². The van der Waals surface area contributed by atoms with Gasteiger partial charge >= 0.3 is 0 Å². The number of hydrogen-bond donors (Lipinski definition) is 1. The third-order valence-electron chi connectivity index (χ3n) is 4.03. The Morgan fingerprint density at radius 1 is 1.25 bits per heavy atom. The molecule has 24 heavy (non-hydrogen) atoms. The molecule has 1 amide bonds. The second kappa shape index (κ2) is 7.59. The lowest BCUT2D eigenvalue weighted by atomic mass is 9.96. The van der Waals surface area contributed by atoms with Crippen LogP contribution in [0.4, 0.5) is 0 Å². The molecule has 2 aromatic rings. The molecule has 0 saturated carbocycles. The van der Waals surface area contributed by atoms with Crippen molar-refractivity contribution in [2.75, 3.05) is 27.2 Å². The lowest BCUT2D eigenvalue weighted by Crippen LogP contribution is -2.42. The minimum Gasteiger partial charge on any atom is -0.337 e. The summed E-state index contributed by atoms with van der Waals surface area (Å²) in [5, 5.41) is 6.82. The minimum absolute atomic E-state index is 0. The maximum absolute atomic E-state index is 12.3. The van der Waals surface area contributed by atoms with Gasteiger partial charge in [0.05, 0.1) is 12.2 Å². The minimum atomic E-state index is -0.153. The molecule has 0 atom stereocenters. The van der Waals surface area contributed by atoms with E-state index in [4.69, 9.17) is 0 Å². The number of hydrogen-bond acceptors (Lipinski definition) is 4. The van der Waals surface area contributed by atoms with Crippen molar-refractivity contribution in [3.05, 3.63) is 51.8 Å². The number of carbonyl (C=O) groups excluding carboxylic acids is 1. The van der Waals surface area contributed by atoms with E-state index in [0.717, 1.165) is 22.4 Å². The predicted octanol–water partition coefficient (Wildman–Crippen LogP) is 1.30. The summed E-state index contributed by atoms with van der Waals surface area (Å²) in [5.74, 6) is 0.0694. The fourth-order valence-electron chi connectivity index (χ4n) is 2.89. The van der Waals surface area contributed by atoms with Crippen LogP contribution in [0.15, 0.2) is 35.1 Å². The summed E-state index contributed by atoms with van der Waals surface area (Å²) < 4.78 is 0. The van der Waals surface area contributed by atoms with Crippen LogP contribution >= 0.6 is 12.4 Å². The molecule has 2 heterocycles. The first kappa shape index (κ1) is 18.2. The summed E-state index contributed by atoms with van der Waals surface area (Å²) >= 11 is 0. The van der Waals surface area contributed by atoms with Gasteiger partial charge in [0.2, 0.25) is 5.91 Å². The van der Waals surface area contributed by atoms with Gasteiger partial charge in [-0.25, -0.2) is 5.10 Å². The van der Waals surface area contributed by atoms with Gasteiger partial charge in [-0.15, -0.1) is 12.4 Å². The molecule has 1 N–H and O–H groups in total. The summed E-state index contributed by atoms with van der Waals surface area (Å²) in [5.41, 5.74) is 3.15. The first-order chi connectivity index (χ1) is 11.1. The van der Waals surface area contributed by atoms with Crippen LogP contribution in [0.2, 0.25) is 0 Å². The molecule has 0 aliphatic carbocycles. The molecule has 128 valence electrons. The summed E-state index contributed by atoms with van der Waals surface area (Å²) in [6.07, 6.45) is 0.562. The molecule has 7 heteroatoms. The number of benzene rings is 1. The Hall–Kier alpha value is -2.18. The van der Waals surface area contributed by atoms with Crippen LogP contribution in [0.3, 0.4) is 0 Å². The molecule has 0 unspecified atom stereocenters. The fourth-order valence-corrected chi connectivity index (χ4v) is 2.89. The lowest BCUT2D eigenvalue weighted by Gasteiger charge is -2.30. The average molecular weight is 349 g/mol. The number of nitrogens with zero attached hydrogens (tertiary/aromatic N) is 3. The van der Waals surface area contributed by atoms with Crippen LogP contribution in [0.1, 0.15) is 11.1 Å². The average Bonchev–Trinajstić information content (AvgIpc) is 2.55. The number of nitrogens with one attached hydrogen (secondary N) is 1. The molecule has 0 saturated heterocycles. The first-order valence-electron chi connectivity index (χ1n) is 7.64. The summed E-state index contributed by atoms with van der Waals surface area (Å²) in [6, 6.07) is 9.73. The van der Waals surface area contributed by atoms with E-state index in [-0.39, 0.29) is 23.9 Å². The summed E-state index contributed by atoms with van der Waals surface area (Å²) in [4.78, 5) is 28.1. The number of rotatable bonds is 3. The Kier molecular flexibility index (Phi) is 5.75. The molecule has 0 fully saturated rings. The van der Waals surface area contributed by atoms with Gasteiger partial charge in [0.1, 0.15) is 0 Å². The van der Waals surface area contributed by atoms with Crippen molar-refractivity contribution < 1.29 is 4.79 Å². The summed E-state index contributed by atoms with van der Waals surface area (Å²) in [6.45, 7) is 1.37. The Balaban J connectivity index is 0.00000208. The third kappa shape index (κ3) is 3.66. The van der Waals surface area contributed by atoms with E-state index in [1.54, 1.807) is 4.90 Å². The van der Waals surface area contributed by atoms with E-state index >= 15 is 0 Å². The van der Waals surface area contributed by atoms with Crippen LogP contribution in [-0.2, 0) is 17.8 Å². The van der Waals surface area contributed by atoms with Gasteiger partial charge in [0, 0.05) is 29.8 Å². The number of amides is 1. The van der Waals surface area contributed by atoms with Gasteiger partial charge in [0.15, 0.2) is 0 Å². The van der Waals surface area contributed by atoms with Crippen molar-refractivity contribution in [1.82, 2.24) is 20.0 Å². The predicted molar refractivity (Wildman–Crippen MR) is 95.2 cm³/mol. The Labute approximate surface area is 146 Å². The maximum Gasteiger partial charge on any atom is 0.267 e. The second-order valence-electron chi connectivity index (χ2n) is 6.03. The Bertz CT molecular complexity index is 774. The SMILES string of the molecule is CN(C)CC(=O)N1CCc2c(c(-c3ccccc3)n[nH]c2=O)C1.Cl. The zero-order valence-corrected chi connectivity index (χ0v) is 14.6. The smallest absolute Gasteiger partial charge is 0.267 e. The van der Waals surface area contributed by atoms with Gasteiger partial charge < -0.3 is 9.80 Å². The Morgan fingerprint density at radius 2 is 1.96 bits per heavy atom. The van der Waals surface area contributed by atoms with Crippen molar-refractivity contribution in [1.29, 1.82) is 0 Å². The van der Waals surface area contributed by atoms with Crippen LogP contribution in [0.5, 0.6) is 0 Å². The summed E-state index contributed by atoms with van der Waals surface area (Å²) in [7, 11) is 3.74. The molecule has 1 aliphatic heterocycles. The van der Waals surface area contributed by atoms with E-state index in [1.807, 2.05) is 49.3 Å². The van der Waals surface area contributed by atoms with E-state index in [0.29, 0.717) is 26.1 Å².